The van der Waals surface area contributed by atoms with Crippen LogP contribution >= 0.6 is 0 Å². The minimum absolute atomic E-state index is 0.275. The summed E-state index contributed by atoms with van der Waals surface area (Å²) in [5.41, 5.74) is 2.93. The van der Waals surface area contributed by atoms with Crippen molar-refractivity contribution in [1.82, 2.24) is 0 Å². The molecule has 0 aliphatic carbocycles. The zero-order valence-corrected chi connectivity index (χ0v) is 8.87. The molecule has 2 heteroatoms. The van der Waals surface area contributed by atoms with E-state index >= 15 is 0 Å². The van der Waals surface area contributed by atoms with Gasteiger partial charge in [0.05, 0.1) is 11.6 Å². The summed E-state index contributed by atoms with van der Waals surface area (Å²) in [5.74, 6) is -0.275. The molecular formula is C14H10FN. The van der Waals surface area contributed by atoms with Crippen molar-refractivity contribution in [3.8, 4) is 17.2 Å². The molecule has 2 aromatic rings. The van der Waals surface area contributed by atoms with E-state index in [2.05, 4.69) is 6.07 Å². The molecule has 1 nitrogen and oxygen atoms in total. The largest absolute Gasteiger partial charge is 0.207 e. The topological polar surface area (TPSA) is 23.8 Å². The maximum Gasteiger partial charge on any atom is 0.124 e. The van der Waals surface area contributed by atoms with Crippen molar-refractivity contribution in [1.29, 1.82) is 5.26 Å². The summed E-state index contributed by atoms with van der Waals surface area (Å²) in [4.78, 5) is 0. The van der Waals surface area contributed by atoms with E-state index in [1.54, 1.807) is 12.1 Å². The van der Waals surface area contributed by atoms with E-state index in [-0.39, 0.29) is 5.82 Å². The van der Waals surface area contributed by atoms with Crippen molar-refractivity contribution in [2.24, 2.45) is 0 Å². The van der Waals surface area contributed by atoms with Crippen LogP contribution in [-0.4, -0.2) is 0 Å². The molecule has 0 atom stereocenters. The highest BCUT2D eigenvalue weighted by Gasteiger charge is 2.05. The normalized spacial score (nSPS) is 9.81. The Labute approximate surface area is 93.8 Å². The van der Waals surface area contributed by atoms with E-state index in [1.807, 2.05) is 25.1 Å². The summed E-state index contributed by atoms with van der Waals surface area (Å²) in [5, 5.41) is 8.97. The number of aryl methyl sites for hydroxylation is 1. The SMILES string of the molecule is Cc1cc(F)cc(-c2ccccc2C#N)c1. The van der Waals surface area contributed by atoms with E-state index in [9.17, 15) is 4.39 Å². The fourth-order valence-corrected chi connectivity index (χ4v) is 1.72. The second-order valence-electron chi connectivity index (χ2n) is 3.67. The van der Waals surface area contributed by atoms with Gasteiger partial charge in [-0.05, 0) is 41.8 Å². The minimum Gasteiger partial charge on any atom is -0.207 e. The van der Waals surface area contributed by atoms with Gasteiger partial charge in [-0.15, -0.1) is 0 Å². The summed E-state index contributed by atoms with van der Waals surface area (Å²) < 4.78 is 13.3. The van der Waals surface area contributed by atoms with Crippen LogP contribution in [0, 0.1) is 24.1 Å². The summed E-state index contributed by atoms with van der Waals surface area (Å²) in [6.45, 7) is 1.83. The van der Waals surface area contributed by atoms with E-state index < -0.39 is 0 Å². The maximum absolute atomic E-state index is 13.3. The molecule has 0 spiro atoms. The van der Waals surface area contributed by atoms with Gasteiger partial charge in [0.25, 0.3) is 0 Å². The van der Waals surface area contributed by atoms with Gasteiger partial charge in [-0.1, -0.05) is 24.3 Å². The number of benzene rings is 2. The molecule has 0 unspecified atom stereocenters. The second-order valence-corrected chi connectivity index (χ2v) is 3.67. The average molecular weight is 211 g/mol. The Bertz CT molecular complexity index is 547. The molecule has 0 aromatic heterocycles. The van der Waals surface area contributed by atoms with Gasteiger partial charge in [-0.25, -0.2) is 4.39 Å². The van der Waals surface area contributed by atoms with Crippen LogP contribution in [0.4, 0.5) is 4.39 Å². The Balaban J connectivity index is 2.63. The monoisotopic (exact) mass is 211 g/mol. The Morgan fingerprint density at radius 2 is 1.88 bits per heavy atom. The highest BCUT2D eigenvalue weighted by atomic mass is 19.1. The Morgan fingerprint density at radius 3 is 2.56 bits per heavy atom. The number of nitrogens with zero attached hydrogens (tertiary/aromatic N) is 1. The van der Waals surface area contributed by atoms with Crippen LogP contribution in [-0.2, 0) is 0 Å². The van der Waals surface area contributed by atoms with Crippen LogP contribution in [0.15, 0.2) is 42.5 Å². The molecule has 0 saturated heterocycles. The van der Waals surface area contributed by atoms with Crippen molar-refractivity contribution in [2.45, 2.75) is 6.92 Å². The van der Waals surface area contributed by atoms with E-state index in [4.69, 9.17) is 5.26 Å². The molecule has 0 heterocycles. The van der Waals surface area contributed by atoms with E-state index in [0.717, 1.165) is 16.7 Å². The molecule has 0 aliphatic rings. The van der Waals surface area contributed by atoms with Gasteiger partial charge in [-0.2, -0.15) is 5.26 Å². The minimum atomic E-state index is -0.275. The second kappa shape index (κ2) is 4.16. The van der Waals surface area contributed by atoms with Gasteiger partial charge in [0.15, 0.2) is 0 Å². The lowest BCUT2D eigenvalue weighted by atomic mass is 9.99. The zero-order chi connectivity index (χ0) is 11.5. The molecule has 0 radical (unpaired) electrons. The predicted molar refractivity (Wildman–Crippen MR) is 61.3 cm³/mol. The maximum atomic E-state index is 13.3. The first-order valence-corrected chi connectivity index (χ1v) is 4.97. The highest BCUT2D eigenvalue weighted by Crippen LogP contribution is 2.24. The molecule has 0 N–H and O–H groups in total. The summed E-state index contributed by atoms with van der Waals surface area (Å²) in [7, 11) is 0. The first-order chi connectivity index (χ1) is 7.70. The zero-order valence-electron chi connectivity index (χ0n) is 8.87. The number of rotatable bonds is 1. The third-order valence-electron chi connectivity index (χ3n) is 2.40. The molecule has 0 fully saturated rings. The van der Waals surface area contributed by atoms with Crippen LogP contribution in [0.5, 0.6) is 0 Å². The number of halogens is 1. The average Bonchev–Trinajstić information content (AvgIpc) is 2.27. The molecule has 78 valence electrons. The van der Waals surface area contributed by atoms with Gasteiger partial charge < -0.3 is 0 Å². The van der Waals surface area contributed by atoms with E-state index in [1.165, 1.54) is 12.1 Å². The molecular weight excluding hydrogens is 201 g/mol. The van der Waals surface area contributed by atoms with Crippen molar-refractivity contribution >= 4 is 0 Å². The van der Waals surface area contributed by atoms with Crippen LogP contribution < -0.4 is 0 Å². The first kappa shape index (κ1) is 10.4. The van der Waals surface area contributed by atoms with Crippen LogP contribution in [0.2, 0.25) is 0 Å². The fraction of sp³-hybridized carbons (Fsp3) is 0.0714. The Morgan fingerprint density at radius 1 is 1.12 bits per heavy atom. The number of hydrogen-bond donors (Lipinski definition) is 0. The standard InChI is InChI=1S/C14H10FN/c1-10-6-12(8-13(15)7-10)14-5-3-2-4-11(14)9-16/h2-8H,1H3. The van der Waals surface area contributed by atoms with E-state index in [0.29, 0.717) is 5.56 Å². The van der Waals surface area contributed by atoms with Gasteiger partial charge in [0.1, 0.15) is 5.82 Å². The molecule has 0 aliphatic heterocycles. The third-order valence-corrected chi connectivity index (χ3v) is 2.40. The van der Waals surface area contributed by atoms with Crippen LogP contribution in [0.3, 0.4) is 0 Å². The lowest BCUT2D eigenvalue weighted by Gasteiger charge is -2.05. The Kier molecular flexibility index (Phi) is 2.70. The van der Waals surface area contributed by atoms with Crippen molar-refractivity contribution in [3.05, 3.63) is 59.4 Å². The fourth-order valence-electron chi connectivity index (χ4n) is 1.72. The molecule has 0 saturated carbocycles. The number of nitriles is 1. The Hall–Kier alpha value is -2.14. The molecule has 16 heavy (non-hydrogen) atoms. The van der Waals surface area contributed by atoms with Crippen LogP contribution in [0.1, 0.15) is 11.1 Å². The molecule has 0 bridgehead atoms. The van der Waals surface area contributed by atoms with Gasteiger partial charge >= 0.3 is 0 Å². The molecule has 0 amide bonds. The smallest absolute Gasteiger partial charge is 0.124 e. The lowest BCUT2D eigenvalue weighted by Crippen LogP contribution is -1.86. The van der Waals surface area contributed by atoms with Crippen molar-refractivity contribution in [3.63, 3.8) is 0 Å². The first-order valence-electron chi connectivity index (χ1n) is 4.97. The quantitative estimate of drug-likeness (QED) is 0.706. The predicted octanol–water partition coefficient (Wildman–Crippen LogP) is 3.67. The van der Waals surface area contributed by atoms with Crippen LogP contribution in [0.25, 0.3) is 11.1 Å². The van der Waals surface area contributed by atoms with Gasteiger partial charge in [0, 0.05) is 0 Å². The summed E-state index contributed by atoms with van der Waals surface area (Å²) in [6.07, 6.45) is 0. The van der Waals surface area contributed by atoms with Crippen molar-refractivity contribution in [2.75, 3.05) is 0 Å². The highest BCUT2D eigenvalue weighted by molar-refractivity contribution is 5.70. The molecule has 2 rings (SSSR count). The van der Waals surface area contributed by atoms with Gasteiger partial charge in [0.2, 0.25) is 0 Å². The molecule has 2 aromatic carbocycles. The van der Waals surface area contributed by atoms with Crippen molar-refractivity contribution < 1.29 is 4.39 Å². The summed E-state index contributed by atoms with van der Waals surface area (Å²) in [6, 6.07) is 14.1. The third kappa shape index (κ3) is 1.94. The lowest BCUT2D eigenvalue weighted by molar-refractivity contribution is 0.627. The summed E-state index contributed by atoms with van der Waals surface area (Å²) >= 11 is 0. The van der Waals surface area contributed by atoms with Gasteiger partial charge in [-0.3, -0.25) is 0 Å². The number of hydrogen-bond acceptors (Lipinski definition) is 1.